The van der Waals surface area contributed by atoms with Gasteiger partial charge in [-0.15, -0.1) is 0 Å². The van der Waals surface area contributed by atoms with Crippen LogP contribution in [-0.2, 0) is 9.59 Å². The normalized spacial score (nSPS) is 10.1. The van der Waals surface area contributed by atoms with Crippen LogP contribution in [0.4, 0.5) is 20.2 Å². The Morgan fingerprint density at radius 2 is 1.55 bits per heavy atom. The van der Waals surface area contributed by atoms with Gasteiger partial charge in [-0.05, 0) is 0 Å². The van der Waals surface area contributed by atoms with Crippen molar-refractivity contribution >= 4 is 23.3 Å². The summed E-state index contributed by atoms with van der Waals surface area (Å²) in [7, 11) is 0. The highest BCUT2D eigenvalue weighted by Gasteiger charge is 2.24. The molecule has 0 spiro atoms. The molecule has 0 fully saturated rings. The maximum absolute atomic E-state index is 13.7. The van der Waals surface area contributed by atoms with Crippen LogP contribution in [-0.4, -0.2) is 40.2 Å². The Morgan fingerprint density at radius 1 is 1.15 bits per heavy atom. The molecule has 1 rings (SSSR count). The highest BCUT2D eigenvalue weighted by atomic mass is 19.1. The van der Waals surface area contributed by atoms with Gasteiger partial charge in [0, 0.05) is 0 Å². The Kier molecular flexibility index (Phi) is 4.51. The summed E-state index contributed by atoms with van der Waals surface area (Å²) < 4.78 is 27.3. The van der Waals surface area contributed by atoms with E-state index in [0.717, 1.165) is 0 Å². The van der Waals surface area contributed by atoms with Crippen LogP contribution in [0.15, 0.2) is 12.1 Å². The molecule has 1 aromatic rings. The first-order valence-corrected chi connectivity index (χ1v) is 5.04. The standard InChI is InChI=1S/C10H8F2N2O6/c11-6-1-5(14(19)20)2-7(12)10(6)13(3-8(15)16)4-9(17)18/h1-2H,3-4H2,(H,15,16)(H,17,18). The molecule has 0 amide bonds. The Labute approximate surface area is 110 Å². The summed E-state index contributed by atoms with van der Waals surface area (Å²) in [6, 6.07) is 0.768. The Bertz CT molecular complexity index is 538. The Balaban J connectivity index is 3.28. The second-order valence-corrected chi connectivity index (χ2v) is 3.66. The van der Waals surface area contributed by atoms with E-state index in [4.69, 9.17) is 10.2 Å². The lowest BCUT2D eigenvalue weighted by molar-refractivity contribution is -0.385. The smallest absolute Gasteiger partial charge is 0.323 e. The zero-order valence-electron chi connectivity index (χ0n) is 9.75. The van der Waals surface area contributed by atoms with Crippen molar-refractivity contribution in [2.45, 2.75) is 0 Å². The van der Waals surface area contributed by atoms with Crippen LogP contribution in [0.2, 0.25) is 0 Å². The minimum Gasteiger partial charge on any atom is -0.480 e. The molecule has 0 saturated heterocycles. The van der Waals surface area contributed by atoms with Gasteiger partial charge in [0.1, 0.15) is 18.8 Å². The van der Waals surface area contributed by atoms with Gasteiger partial charge >= 0.3 is 11.9 Å². The number of rotatable bonds is 6. The third kappa shape index (κ3) is 3.60. The number of nitro groups is 1. The molecule has 0 bridgehead atoms. The molecular weight excluding hydrogens is 282 g/mol. The molecule has 10 heteroatoms. The fourth-order valence-electron chi connectivity index (χ4n) is 1.50. The molecule has 0 unspecified atom stereocenters. The van der Waals surface area contributed by atoms with Gasteiger partial charge in [0.15, 0.2) is 11.6 Å². The Morgan fingerprint density at radius 3 is 1.85 bits per heavy atom. The highest BCUT2D eigenvalue weighted by molar-refractivity contribution is 5.79. The fourth-order valence-corrected chi connectivity index (χ4v) is 1.50. The first-order chi connectivity index (χ1) is 9.22. The van der Waals surface area contributed by atoms with E-state index >= 15 is 0 Å². The average molecular weight is 290 g/mol. The molecule has 20 heavy (non-hydrogen) atoms. The molecule has 0 aliphatic rings. The zero-order valence-corrected chi connectivity index (χ0v) is 9.75. The second kappa shape index (κ2) is 5.91. The van der Waals surface area contributed by atoms with Gasteiger partial charge in [0.25, 0.3) is 5.69 Å². The number of benzene rings is 1. The number of carbonyl (C=O) groups is 2. The largest absolute Gasteiger partial charge is 0.480 e. The third-order valence-electron chi connectivity index (χ3n) is 2.18. The van der Waals surface area contributed by atoms with Crippen LogP contribution in [0.5, 0.6) is 0 Å². The van der Waals surface area contributed by atoms with Gasteiger partial charge in [-0.1, -0.05) is 0 Å². The predicted octanol–water partition coefficient (Wildman–Crippen LogP) is 0.849. The molecule has 0 aliphatic carbocycles. The number of carboxylic acids is 2. The number of hydrogen-bond donors (Lipinski definition) is 2. The lowest BCUT2D eigenvalue weighted by Crippen LogP contribution is -2.35. The number of nitrogens with zero attached hydrogens (tertiary/aromatic N) is 2. The van der Waals surface area contributed by atoms with E-state index in [0.29, 0.717) is 17.0 Å². The molecule has 0 atom stereocenters. The van der Waals surface area contributed by atoms with Crippen molar-refractivity contribution < 1.29 is 33.5 Å². The van der Waals surface area contributed by atoms with Crippen molar-refractivity contribution in [1.29, 1.82) is 0 Å². The monoisotopic (exact) mass is 290 g/mol. The predicted molar refractivity (Wildman–Crippen MR) is 60.5 cm³/mol. The number of non-ortho nitro benzene ring substituents is 1. The molecule has 0 aliphatic heterocycles. The van der Waals surface area contributed by atoms with Crippen LogP contribution >= 0.6 is 0 Å². The Hall–Kier alpha value is -2.78. The van der Waals surface area contributed by atoms with Crippen LogP contribution in [0.25, 0.3) is 0 Å². The van der Waals surface area contributed by atoms with E-state index in [1.807, 2.05) is 0 Å². The minimum atomic E-state index is -1.51. The highest BCUT2D eigenvalue weighted by Crippen LogP contribution is 2.28. The number of nitro benzene ring substituents is 1. The molecule has 0 saturated carbocycles. The lowest BCUT2D eigenvalue weighted by Gasteiger charge is -2.21. The van der Waals surface area contributed by atoms with Gasteiger partial charge in [-0.25, -0.2) is 8.78 Å². The molecule has 0 heterocycles. The summed E-state index contributed by atoms with van der Waals surface area (Å²) in [4.78, 5) is 30.9. The zero-order chi connectivity index (χ0) is 15.4. The van der Waals surface area contributed by atoms with E-state index in [1.165, 1.54) is 0 Å². The summed E-state index contributed by atoms with van der Waals surface area (Å²) in [5, 5.41) is 27.6. The third-order valence-corrected chi connectivity index (χ3v) is 2.18. The van der Waals surface area contributed by atoms with Gasteiger partial charge < -0.3 is 15.1 Å². The lowest BCUT2D eigenvalue weighted by atomic mass is 10.2. The number of aliphatic carboxylic acids is 2. The van der Waals surface area contributed by atoms with E-state index in [-0.39, 0.29) is 0 Å². The number of halogens is 2. The van der Waals surface area contributed by atoms with Crippen molar-refractivity contribution in [3.63, 3.8) is 0 Å². The van der Waals surface area contributed by atoms with Gasteiger partial charge in [-0.3, -0.25) is 19.7 Å². The summed E-state index contributed by atoms with van der Waals surface area (Å²) in [5.74, 6) is -5.86. The van der Waals surface area contributed by atoms with E-state index in [9.17, 15) is 28.5 Å². The van der Waals surface area contributed by atoms with Gasteiger partial charge in [-0.2, -0.15) is 0 Å². The molecule has 0 aromatic heterocycles. The van der Waals surface area contributed by atoms with Crippen LogP contribution in [0.1, 0.15) is 0 Å². The summed E-state index contributed by atoms with van der Waals surface area (Å²) >= 11 is 0. The van der Waals surface area contributed by atoms with Crippen molar-refractivity contribution in [3.8, 4) is 0 Å². The molecule has 8 nitrogen and oxygen atoms in total. The van der Waals surface area contributed by atoms with E-state index in [2.05, 4.69) is 0 Å². The fraction of sp³-hybridized carbons (Fsp3) is 0.200. The summed E-state index contributed by atoms with van der Waals surface area (Å²) in [5.41, 5.74) is -1.81. The first kappa shape index (κ1) is 15.3. The number of anilines is 1. The minimum absolute atomic E-state index is 0.384. The van der Waals surface area contributed by atoms with Crippen molar-refractivity contribution in [2.75, 3.05) is 18.0 Å². The first-order valence-electron chi connectivity index (χ1n) is 5.04. The molecule has 1 aromatic carbocycles. The summed E-state index contributed by atoms with van der Waals surface area (Å²) in [6.45, 7) is -1.95. The van der Waals surface area contributed by atoms with Crippen LogP contribution in [0.3, 0.4) is 0 Å². The van der Waals surface area contributed by atoms with Crippen molar-refractivity contribution in [3.05, 3.63) is 33.9 Å². The van der Waals surface area contributed by atoms with Gasteiger partial charge in [0.05, 0.1) is 17.1 Å². The molecular formula is C10H8F2N2O6. The SMILES string of the molecule is O=C(O)CN(CC(=O)O)c1c(F)cc([N+](=O)[O-])cc1F. The topological polar surface area (TPSA) is 121 Å². The van der Waals surface area contributed by atoms with Crippen LogP contribution in [0, 0.1) is 21.7 Å². The van der Waals surface area contributed by atoms with E-state index < -0.39 is 53.0 Å². The van der Waals surface area contributed by atoms with Gasteiger partial charge in [0.2, 0.25) is 0 Å². The maximum Gasteiger partial charge on any atom is 0.323 e. The van der Waals surface area contributed by atoms with Crippen LogP contribution < -0.4 is 4.90 Å². The number of hydrogen-bond acceptors (Lipinski definition) is 5. The van der Waals surface area contributed by atoms with Crippen molar-refractivity contribution in [1.82, 2.24) is 0 Å². The second-order valence-electron chi connectivity index (χ2n) is 3.66. The maximum atomic E-state index is 13.7. The summed E-state index contributed by atoms with van der Waals surface area (Å²) in [6.07, 6.45) is 0. The quantitative estimate of drug-likeness (QED) is 0.588. The average Bonchev–Trinajstić information content (AvgIpc) is 2.25. The molecule has 0 radical (unpaired) electrons. The molecule has 108 valence electrons. The van der Waals surface area contributed by atoms with Crippen molar-refractivity contribution in [2.24, 2.45) is 0 Å². The molecule has 2 N–H and O–H groups in total. The van der Waals surface area contributed by atoms with E-state index in [1.54, 1.807) is 0 Å². The number of carboxylic acid groups (broad SMARTS) is 2.